The van der Waals surface area contributed by atoms with Crippen LogP contribution in [0.2, 0.25) is 0 Å². The number of benzene rings is 2. The summed E-state index contributed by atoms with van der Waals surface area (Å²) < 4.78 is 5.45. The molecule has 1 aliphatic carbocycles. The first-order valence-corrected chi connectivity index (χ1v) is 13.7. The first-order valence-electron chi connectivity index (χ1n) is 12.1. The molecule has 2 aromatic carbocycles. The van der Waals surface area contributed by atoms with Gasteiger partial charge < -0.3 is 10.1 Å². The number of hydrogen-bond acceptors (Lipinski definition) is 8. The molecule has 0 unspecified atom stereocenters. The topological polar surface area (TPSA) is 77.0 Å². The van der Waals surface area contributed by atoms with Crippen LogP contribution in [0.15, 0.2) is 70.7 Å². The Balaban J connectivity index is 1.47. The van der Waals surface area contributed by atoms with Gasteiger partial charge in [-0.05, 0) is 68.5 Å². The molecule has 3 aromatic heterocycles. The lowest BCUT2D eigenvalue weighted by Crippen LogP contribution is -2.11. The van der Waals surface area contributed by atoms with Gasteiger partial charge in [0.1, 0.15) is 10.0 Å². The molecule has 0 aliphatic heterocycles. The lowest BCUT2D eigenvalue weighted by atomic mass is 9.95. The van der Waals surface area contributed by atoms with Crippen molar-refractivity contribution in [2.75, 3.05) is 11.9 Å². The van der Waals surface area contributed by atoms with Crippen molar-refractivity contribution in [2.24, 2.45) is 0 Å². The number of para-hydroxylation sites is 2. The molecule has 5 aromatic rings. The smallest absolute Gasteiger partial charge is 0.341 e. The van der Waals surface area contributed by atoms with Gasteiger partial charge in [-0.15, -0.1) is 11.3 Å². The Morgan fingerprint density at radius 3 is 2.67 bits per heavy atom. The summed E-state index contributed by atoms with van der Waals surface area (Å²) in [4.78, 5) is 29.7. The number of carbonyl (C=O) groups is 1. The highest BCUT2D eigenvalue weighted by molar-refractivity contribution is 7.99. The number of anilines is 2. The van der Waals surface area contributed by atoms with E-state index in [9.17, 15) is 4.79 Å². The SMILES string of the molecule is CCOC(=O)c1c(Nc2nc3ccccc3nc2Sc2cccc3ncccc23)sc2c1CCCC2. The summed E-state index contributed by atoms with van der Waals surface area (Å²) in [6.07, 6.45) is 5.91. The van der Waals surface area contributed by atoms with Crippen LogP contribution in [-0.4, -0.2) is 27.5 Å². The van der Waals surface area contributed by atoms with Gasteiger partial charge in [0.25, 0.3) is 0 Å². The Kier molecular flexibility index (Phi) is 6.29. The molecule has 6 nitrogen and oxygen atoms in total. The molecule has 1 aliphatic rings. The number of thiophene rings is 1. The third kappa shape index (κ3) is 4.31. The Morgan fingerprint density at radius 1 is 1.00 bits per heavy atom. The Bertz CT molecular complexity index is 1590. The Hall–Kier alpha value is -3.49. The summed E-state index contributed by atoms with van der Waals surface area (Å²) in [5.74, 6) is 0.353. The highest BCUT2D eigenvalue weighted by atomic mass is 32.2. The number of hydrogen-bond donors (Lipinski definition) is 1. The predicted octanol–water partition coefficient (Wildman–Crippen LogP) is 7.19. The monoisotopic (exact) mass is 512 g/mol. The number of pyridine rings is 1. The highest BCUT2D eigenvalue weighted by Gasteiger charge is 2.27. The number of ether oxygens (including phenoxy) is 1. The van der Waals surface area contributed by atoms with Gasteiger partial charge in [-0.25, -0.2) is 14.8 Å². The Labute approximate surface area is 217 Å². The van der Waals surface area contributed by atoms with E-state index in [0.29, 0.717) is 18.0 Å². The first kappa shape index (κ1) is 22.9. The second kappa shape index (κ2) is 9.87. The molecule has 1 N–H and O–H groups in total. The average molecular weight is 513 g/mol. The van der Waals surface area contributed by atoms with Crippen LogP contribution >= 0.6 is 23.1 Å². The van der Waals surface area contributed by atoms with Crippen molar-refractivity contribution in [2.45, 2.75) is 42.5 Å². The largest absolute Gasteiger partial charge is 0.462 e. The minimum Gasteiger partial charge on any atom is -0.462 e. The zero-order valence-electron chi connectivity index (χ0n) is 19.8. The van der Waals surface area contributed by atoms with E-state index in [0.717, 1.165) is 68.1 Å². The van der Waals surface area contributed by atoms with Crippen molar-refractivity contribution in [3.05, 3.63) is 76.8 Å². The maximum atomic E-state index is 13.0. The molecule has 3 heterocycles. The van der Waals surface area contributed by atoms with Crippen LogP contribution in [-0.2, 0) is 17.6 Å². The fourth-order valence-corrected chi connectivity index (χ4v) is 6.84. The number of carbonyl (C=O) groups excluding carboxylic acids is 1. The van der Waals surface area contributed by atoms with Gasteiger partial charge in [0, 0.05) is 21.4 Å². The van der Waals surface area contributed by atoms with E-state index in [1.54, 1.807) is 29.3 Å². The molecule has 36 heavy (non-hydrogen) atoms. The van der Waals surface area contributed by atoms with Crippen molar-refractivity contribution >= 4 is 61.8 Å². The maximum absolute atomic E-state index is 13.0. The molecule has 0 spiro atoms. The number of nitrogens with zero attached hydrogens (tertiary/aromatic N) is 3. The van der Waals surface area contributed by atoms with Gasteiger partial charge in [-0.3, -0.25) is 4.98 Å². The molecule has 180 valence electrons. The summed E-state index contributed by atoms with van der Waals surface area (Å²) in [5.41, 5.74) is 4.32. The quantitative estimate of drug-likeness (QED) is 0.241. The van der Waals surface area contributed by atoms with E-state index < -0.39 is 0 Å². The zero-order valence-corrected chi connectivity index (χ0v) is 21.4. The third-order valence-corrected chi connectivity index (χ3v) is 8.49. The zero-order chi connectivity index (χ0) is 24.5. The van der Waals surface area contributed by atoms with Gasteiger partial charge in [0.15, 0.2) is 5.82 Å². The second-order valence-electron chi connectivity index (χ2n) is 8.55. The molecular weight excluding hydrogens is 488 g/mol. The summed E-state index contributed by atoms with van der Waals surface area (Å²) in [6, 6.07) is 17.9. The molecule has 0 saturated carbocycles. The van der Waals surface area contributed by atoms with Crippen molar-refractivity contribution in [1.29, 1.82) is 0 Å². The van der Waals surface area contributed by atoms with Crippen molar-refractivity contribution in [1.82, 2.24) is 15.0 Å². The van der Waals surface area contributed by atoms with Crippen LogP contribution in [0.3, 0.4) is 0 Å². The maximum Gasteiger partial charge on any atom is 0.341 e. The lowest BCUT2D eigenvalue weighted by Gasteiger charge is -2.14. The predicted molar refractivity (Wildman–Crippen MR) is 146 cm³/mol. The van der Waals surface area contributed by atoms with E-state index in [-0.39, 0.29) is 5.97 Å². The van der Waals surface area contributed by atoms with E-state index >= 15 is 0 Å². The molecule has 0 bridgehead atoms. The fraction of sp³-hybridized carbons (Fsp3) is 0.214. The summed E-state index contributed by atoms with van der Waals surface area (Å²) in [5, 5.41) is 6.09. The number of aryl methyl sites for hydroxylation is 1. The summed E-state index contributed by atoms with van der Waals surface area (Å²) in [6.45, 7) is 2.18. The number of fused-ring (bicyclic) bond motifs is 3. The number of nitrogens with one attached hydrogen (secondary N) is 1. The molecule has 0 amide bonds. The number of rotatable bonds is 6. The molecule has 6 rings (SSSR count). The molecule has 0 atom stereocenters. The summed E-state index contributed by atoms with van der Waals surface area (Å²) in [7, 11) is 0. The molecule has 0 radical (unpaired) electrons. The van der Waals surface area contributed by atoms with Gasteiger partial charge in [0.05, 0.1) is 28.7 Å². The van der Waals surface area contributed by atoms with E-state index in [1.807, 2.05) is 49.4 Å². The first-order chi connectivity index (χ1) is 17.7. The van der Waals surface area contributed by atoms with Crippen molar-refractivity contribution in [3.63, 3.8) is 0 Å². The van der Waals surface area contributed by atoms with Gasteiger partial charge in [0.2, 0.25) is 0 Å². The Morgan fingerprint density at radius 2 is 1.81 bits per heavy atom. The fourth-order valence-electron chi connectivity index (χ4n) is 4.59. The third-order valence-electron chi connectivity index (χ3n) is 6.23. The van der Waals surface area contributed by atoms with Gasteiger partial charge in [-0.2, -0.15) is 0 Å². The molecule has 8 heteroatoms. The van der Waals surface area contributed by atoms with Crippen molar-refractivity contribution in [3.8, 4) is 0 Å². The average Bonchev–Trinajstić information content (AvgIpc) is 3.27. The number of esters is 1. The second-order valence-corrected chi connectivity index (χ2v) is 10.7. The van der Waals surface area contributed by atoms with E-state index in [1.165, 1.54) is 4.88 Å². The molecule has 0 saturated heterocycles. The van der Waals surface area contributed by atoms with Gasteiger partial charge in [-0.1, -0.05) is 36.0 Å². The summed E-state index contributed by atoms with van der Waals surface area (Å²) >= 11 is 3.18. The minimum absolute atomic E-state index is 0.275. The highest BCUT2D eigenvalue weighted by Crippen LogP contribution is 2.42. The van der Waals surface area contributed by atoms with Crippen LogP contribution in [0.1, 0.15) is 40.6 Å². The van der Waals surface area contributed by atoms with Gasteiger partial charge >= 0.3 is 5.97 Å². The van der Waals surface area contributed by atoms with Crippen LogP contribution in [0.5, 0.6) is 0 Å². The van der Waals surface area contributed by atoms with Crippen molar-refractivity contribution < 1.29 is 9.53 Å². The number of aromatic nitrogens is 3. The standard InChI is InChI=1S/C28H24N4O2S2/c1-2-34-28(33)24-18-9-3-6-14-23(18)35-26(24)32-25-27(31-21-12-5-4-11-20(21)30-25)36-22-15-7-13-19-17(22)10-8-16-29-19/h4-5,7-8,10-13,15-16H,2-3,6,9,14H2,1H3,(H,30,32). The van der Waals surface area contributed by atoms with Crippen LogP contribution in [0.25, 0.3) is 21.9 Å². The molecular formula is C28H24N4O2S2. The van der Waals surface area contributed by atoms with E-state index in [4.69, 9.17) is 14.7 Å². The van der Waals surface area contributed by atoms with Crippen LogP contribution in [0, 0.1) is 0 Å². The van der Waals surface area contributed by atoms with E-state index in [2.05, 4.69) is 22.4 Å². The minimum atomic E-state index is -0.275. The normalized spacial score (nSPS) is 13.0. The molecule has 0 fully saturated rings. The van der Waals surface area contributed by atoms with Crippen LogP contribution < -0.4 is 5.32 Å². The lowest BCUT2D eigenvalue weighted by molar-refractivity contribution is 0.0526. The van der Waals surface area contributed by atoms with Crippen LogP contribution in [0.4, 0.5) is 10.8 Å².